The van der Waals surface area contributed by atoms with Crippen molar-refractivity contribution in [2.24, 2.45) is 0 Å². The Morgan fingerprint density at radius 2 is 1.88 bits per heavy atom. The van der Waals surface area contributed by atoms with E-state index in [2.05, 4.69) is 0 Å². The number of rotatable bonds is 1. The minimum atomic E-state index is 0.0271. The van der Waals surface area contributed by atoms with Gasteiger partial charge in [0.05, 0.1) is 10.6 Å². The van der Waals surface area contributed by atoms with Gasteiger partial charge in [-0.05, 0) is 23.6 Å². The summed E-state index contributed by atoms with van der Waals surface area (Å²) in [4.78, 5) is 13.3. The maximum absolute atomic E-state index is 12.4. The van der Waals surface area contributed by atoms with Crippen LogP contribution in [0.2, 0.25) is 0 Å². The zero-order valence-electron chi connectivity index (χ0n) is 8.84. The highest BCUT2D eigenvalue weighted by Gasteiger charge is 2.12. The molecule has 0 radical (unpaired) electrons. The van der Waals surface area contributed by atoms with Crippen LogP contribution in [0.4, 0.5) is 5.00 Å². The van der Waals surface area contributed by atoms with Gasteiger partial charge in [-0.25, -0.2) is 0 Å². The minimum Gasteiger partial charge on any atom is -0.390 e. The van der Waals surface area contributed by atoms with Gasteiger partial charge in [-0.15, -0.1) is 22.7 Å². The number of benzene rings is 1. The van der Waals surface area contributed by atoms with Crippen LogP contribution in [0.1, 0.15) is 0 Å². The Hall–Kier alpha value is -1.65. The van der Waals surface area contributed by atoms with Gasteiger partial charge < -0.3 is 5.73 Å². The average molecular weight is 259 g/mol. The fraction of sp³-hybridized carbons (Fsp3) is 0. The molecule has 0 aliphatic carbocycles. The Labute approximate surface area is 106 Å². The van der Waals surface area contributed by atoms with Crippen molar-refractivity contribution < 1.29 is 0 Å². The largest absolute Gasteiger partial charge is 0.390 e. The van der Waals surface area contributed by atoms with E-state index in [0.717, 1.165) is 15.0 Å². The summed E-state index contributed by atoms with van der Waals surface area (Å²) in [6.07, 6.45) is 0. The first-order chi connectivity index (χ1) is 8.27. The van der Waals surface area contributed by atoms with Gasteiger partial charge in [-0.3, -0.25) is 4.79 Å². The molecule has 2 N–H and O–H groups in total. The smallest absolute Gasteiger partial charge is 0.198 e. The highest BCUT2D eigenvalue weighted by molar-refractivity contribution is 7.22. The highest BCUT2D eigenvalue weighted by atomic mass is 32.1. The molecule has 0 fully saturated rings. The summed E-state index contributed by atoms with van der Waals surface area (Å²) in [5.74, 6) is 0. The molecule has 0 unspecified atom stereocenters. The molecule has 2 heterocycles. The third-order valence-electron chi connectivity index (χ3n) is 2.59. The zero-order valence-corrected chi connectivity index (χ0v) is 10.5. The van der Waals surface area contributed by atoms with E-state index in [1.807, 2.05) is 41.8 Å². The molecule has 0 amide bonds. The maximum Gasteiger partial charge on any atom is 0.198 e. The first-order valence-corrected chi connectivity index (χ1v) is 6.82. The third kappa shape index (κ3) is 1.66. The fourth-order valence-electron chi connectivity index (χ4n) is 1.81. The van der Waals surface area contributed by atoms with Gasteiger partial charge in [0.15, 0.2) is 5.43 Å². The SMILES string of the molecule is Nc1sc2ccccc2c(=O)c1-c1cccs1. The summed E-state index contributed by atoms with van der Waals surface area (Å²) >= 11 is 3.00. The lowest BCUT2D eigenvalue weighted by atomic mass is 10.1. The van der Waals surface area contributed by atoms with Crippen molar-refractivity contribution in [3.8, 4) is 10.4 Å². The Morgan fingerprint density at radius 1 is 1.06 bits per heavy atom. The van der Waals surface area contributed by atoms with Crippen LogP contribution >= 0.6 is 22.7 Å². The van der Waals surface area contributed by atoms with Crippen LogP contribution in [0.15, 0.2) is 46.6 Å². The highest BCUT2D eigenvalue weighted by Crippen LogP contribution is 2.32. The third-order valence-corrected chi connectivity index (χ3v) is 4.48. The number of nitrogen functional groups attached to an aromatic ring is 1. The van der Waals surface area contributed by atoms with Crippen LogP contribution in [0.5, 0.6) is 0 Å². The summed E-state index contributed by atoms with van der Waals surface area (Å²) in [5, 5.41) is 3.29. The van der Waals surface area contributed by atoms with E-state index in [9.17, 15) is 4.79 Å². The lowest BCUT2D eigenvalue weighted by Crippen LogP contribution is -2.06. The van der Waals surface area contributed by atoms with Gasteiger partial charge in [0.25, 0.3) is 0 Å². The van der Waals surface area contributed by atoms with Gasteiger partial charge in [0, 0.05) is 15.0 Å². The van der Waals surface area contributed by atoms with Crippen LogP contribution in [0.25, 0.3) is 20.5 Å². The summed E-state index contributed by atoms with van der Waals surface area (Å²) in [5.41, 5.74) is 6.67. The monoisotopic (exact) mass is 259 g/mol. The van der Waals surface area contributed by atoms with Gasteiger partial charge >= 0.3 is 0 Å². The maximum atomic E-state index is 12.4. The standard InChI is InChI=1S/C13H9NOS2/c14-13-11(10-6-3-7-16-10)12(15)8-4-1-2-5-9(8)17-13/h1-7H,14H2. The molecule has 2 aromatic heterocycles. The number of hydrogen-bond acceptors (Lipinski definition) is 4. The number of fused-ring (bicyclic) bond motifs is 1. The van der Waals surface area contributed by atoms with Gasteiger partial charge in [-0.1, -0.05) is 18.2 Å². The Balaban J connectivity index is 2.44. The quantitative estimate of drug-likeness (QED) is 0.726. The van der Waals surface area contributed by atoms with E-state index >= 15 is 0 Å². The van der Waals surface area contributed by atoms with Gasteiger partial charge in [-0.2, -0.15) is 0 Å². The lowest BCUT2D eigenvalue weighted by molar-refractivity contribution is 1.69. The second kappa shape index (κ2) is 3.98. The molecule has 0 saturated carbocycles. The predicted octanol–water partition coefficient (Wildman–Crippen LogP) is 3.57. The van der Waals surface area contributed by atoms with Crippen molar-refractivity contribution >= 4 is 37.8 Å². The van der Waals surface area contributed by atoms with Crippen molar-refractivity contribution in [3.05, 3.63) is 52.0 Å². The van der Waals surface area contributed by atoms with Gasteiger partial charge in [0.2, 0.25) is 0 Å². The number of nitrogens with two attached hydrogens (primary N) is 1. The van der Waals surface area contributed by atoms with Crippen LogP contribution in [0, 0.1) is 0 Å². The number of anilines is 1. The van der Waals surface area contributed by atoms with Crippen LogP contribution in [0.3, 0.4) is 0 Å². The van der Waals surface area contributed by atoms with Crippen LogP contribution in [-0.4, -0.2) is 0 Å². The summed E-state index contributed by atoms with van der Waals surface area (Å²) < 4.78 is 0.940. The summed E-state index contributed by atoms with van der Waals surface area (Å²) in [6, 6.07) is 11.4. The molecule has 0 atom stereocenters. The molecule has 1 aromatic carbocycles. The minimum absolute atomic E-state index is 0.0271. The normalized spacial score (nSPS) is 10.8. The topological polar surface area (TPSA) is 43.1 Å². The molecular weight excluding hydrogens is 250 g/mol. The average Bonchev–Trinajstić information content (AvgIpc) is 2.83. The molecule has 84 valence electrons. The molecule has 0 saturated heterocycles. The van der Waals surface area contributed by atoms with Crippen LogP contribution < -0.4 is 11.2 Å². The fourth-order valence-corrected chi connectivity index (χ4v) is 3.62. The molecule has 0 aliphatic heterocycles. The molecular formula is C13H9NOS2. The van der Waals surface area contributed by atoms with E-state index in [-0.39, 0.29) is 5.43 Å². The molecule has 4 heteroatoms. The second-order valence-corrected chi connectivity index (χ2v) is 5.68. The van der Waals surface area contributed by atoms with E-state index in [1.54, 1.807) is 0 Å². The van der Waals surface area contributed by atoms with Crippen molar-refractivity contribution in [3.63, 3.8) is 0 Å². The Bertz CT molecular complexity index is 729. The summed E-state index contributed by atoms with van der Waals surface area (Å²) in [6.45, 7) is 0. The molecule has 3 aromatic rings. The van der Waals surface area contributed by atoms with E-state index in [0.29, 0.717) is 10.6 Å². The predicted molar refractivity (Wildman–Crippen MR) is 75.8 cm³/mol. The zero-order chi connectivity index (χ0) is 11.8. The van der Waals surface area contributed by atoms with Crippen molar-refractivity contribution in [2.45, 2.75) is 0 Å². The number of thiophene rings is 1. The molecule has 2 nitrogen and oxygen atoms in total. The molecule has 0 spiro atoms. The van der Waals surface area contributed by atoms with Crippen molar-refractivity contribution in [2.75, 3.05) is 5.73 Å². The first-order valence-electron chi connectivity index (χ1n) is 5.12. The van der Waals surface area contributed by atoms with E-state index in [4.69, 9.17) is 5.73 Å². The van der Waals surface area contributed by atoms with Crippen LogP contribution in [-0.2, 0) is 0 Å². The van der Waals surface area contributed by atoms with Crippen molar-refractivity contribution in [1.82, 2.24) is 0 Å². The summed E-state index contributed by atoms with van der Waals surface area (Å²) in [7, 11) is 0. The molecule has 0 aliphatic rings. The van der Waals surface area contributed by atoms with E-state index < -0.39 is 0 Å². The van der Waals surface area contributed by atoms with Gasteiger partial charge in [0.1, 0.15) is 0 Å². The first kappa shape index (κ1) is 10.5. The Morgan fingerprint density at radius 3 is 2.65 bits per heavy atom. The van der Waals surface area contributed by atoms with Crippen molar-refractivity contribution in [1.29, 1.82) is 0 Å². The Kier molecular flexibility index (Phi) is 2.46. The molecule has 17 heavy (non-hydrogen) atoms. The number of hydrogen-bond donors (Lipinski definition) is 1. The molecule has 3 rings (SSSR count). The lowest BCUT2D eigenvalue weighted by Gasteiger charge is -2.04. The molecule has 0 bridgehead atoms. The second-order valence-electron chi connectivity index (χ2n) is 3.64. The van der Waals surface area contributed by atoms with E-state index in [1.165, 1.54) is 22.7 Å².